The van der Waals surface area contributed by atoms with Crippen LogP contribution in [0.3, 0.4) is 0 Å². The van der Waals surface area contributed by atoms with Crippen LogP contribution in [0.1, 0.15) is 24.8 Å². The van der Waals surface area contributed by atoms with Gasteiger partial charge in [-0.3, -0.25) is 0 Å². The third-order valence-corrected chi connectivity index (χ3v) is 4.95. The summed E-state index contributed by atoms with van der Waals surface area (Å²) in [5.74, 6) is 1.63. The van der Waals surface area contributed by atoms with E-state index in [-0.39, 0.29) is 5.41 Å². The Morgan fingerprint density at radius 2 is 2.00 bits per heavy atom. The van der Waals surface area contributed by atoms with Crippen molar-refractivity contribution < 1.29 is 9.47 Å². The Kier molecular flexibility index (Phi) is 3.47. The van der Waals surface area contributed by atoms with Crippen molar-refractivity contribution in [1.29, 1.82) is 0 Å². The number of allylic oxidation sites excluding steroid dienone is 1. The van der Waals surface area contributed by atoms with Crippen LogP contribution in [0.4, 0.5) is 0 Å². The standard InChI is InChI=1S/C17H23NO2/c1-18-11-10-17(9-5-4-6-16(17)18)13-7-8-14(19-2)15(12-13)20-3/h5,7-9,12,16H,4,6,10-11H2,1-3H3/t16?,17-/m0/s1. The third kappa shape index (κ3) is 1.92. The van der Waals surface area contributed by atoms with E-state index in [9.17, 15) is 0 Å². The van der Waals surface area contributed by atoms with Crippen LogP contribution in [0.2, 0.25) is 0 Å². The van der Waals surface area contributed by atoms with Crippen LogP contribution in [0.15, 0.2) is 30.4 Å². The van der Waals surface area contributed by atoms with E-state index in [1.54, 1.807) is 14.2 Å². The number of hydrogen-bond donors (Lipinski definition) is 0. The number of ether oxygens (including phenoxy) is 2. The molecule has 2 atom stereocenters. The van der Waals surface area contributed by atoms with Gasteiger partial charge in [0, 0.05) is 11.5 Å². The maximum absolute atomic E-state index is 5.48. The monoisotopic (exact) mass is 273 g/mol. The summed E-state index contributed by atoms with van der Waals surface area (Å²) in [6.07, 6.45) is 8.36. The van der Waals surface area contributed by atoms with Crippen LogP contribution >= 0.6 is 0 Å². The molecule has 0 amide bonds. The Balaban J connectivity index is 2.06. The average Bonchev–Trinajstić information content (AvgIpc) is 2.85. The van der Waals surface area contributed by atoms with Gasteiger partial charge in [-0.05, 0) is 50.6 Å². The lowest BCUT2D eigenvalue weighted by Crippen LogP contribution is -2.41. The van der Waals surface area contributed by atoms with E-state index in [1.165, 1.54) is 24.8 Å². The van der Waals surface area contributed by atoms with E-state index in [2.05, 4.69) is 36.2 Å². The molecule has 0 radical (unpaired) electrons. The molecule has 108 valence electrons. The highest BCUT2D eigenvalue weighted by Crippen LogP contribution is 2.46. The summed E-state index contributed by atoms with van der Waals surface area (Å²) in [7, 11) is 5.63. The van der Waals surface area contributed by atoms with E-state index < -0.39 is 0 Å². The first-order valence-corrected chi connectivity index (χ1v) is 7.32. The van der Waals surface area contributed by atoms with Crippen molar-refractivity contribution in [2.24, 2.45) is 0 Å². The molecule has 1 aromatic rings. The number of likely N-dealkylation sites (tertiary alicyclic amines) is 1. The fourth-order valence-corrected chi connectivity index (χ4v) is 3.86. The van der Waals surface area contributed by atoms with E-state index in [4.69, 9.17) is 9.47 Å². The maximum Gasteiger partial charge on any atom is 0.161 e. The number of rotatable bonds is 3. The van der Waals surface area contributed by atoms with Gasteiger partial charge in [-0.1, -0.05) is 18.2 Å². The van der Waals surface area contributed by atoms with Crippen molar-refractivity contribution in [1.82, 2.24) is 4.90 Å². The molecular formula is C17H23NO2. The number of nitrogens with zero attached hydrogens (tertiary/aromatic N) is 1. The minimum atomic E-state index is 0.145. The molecule has 0 N–H and O–H groups in total. The first-order chi connectivity index (χ1) is 9.71. The molecule has 1 fully saturated rings. The highest BCUT2D eigenvalue weighted by molar-refractivity contribution is 5.48. The number of fused-ring (bicyclic) bond motifs is 1. The van der Waals surface area contributed by atoms with Gasteiger partial charge in [0.05, 0.1) is 14.2 Å². The third-order valence-electron chi connectivity index (χ3n) is 4.95. The van der Waals surface area contributed by atoms with Gasteiger partial charge in [0.1, 0.15) is 0 Å². The first-order valence-electron chi connectivity index (χ1n) is 7.32. The predicted molar refractivity (Wildman–Crippen MR) is 80.6 cm³/mol. The van der Waals surface area contributed by atoms with Crippen molar-refractivity contribution >= 4 is 0 Å². The normalized spacial score (nSPS) is 29.2. The van der Waals surface area contributed by atoms with Gasteiger partial charge in [0.15, 0.2) is 11.5 Å². The average molecular weight is 273 g/mol. The molecule has 3 heteroatoms. The molecular weight excluding hydrogens is 250 g/mol. The minimum Gasteiger partial charge on any atom is -0.493 e. The van der Waals surface area contributed by atoms with E-state index >= 15 is 0 Å². The molecule has 20 heavy (non-hydrogen) atoms. The molecule has 1 aliphatic heterocycles. The molecule has 1 saturated heterocycles. The van der Waals surface area contributed by atoms with Crippen molar-refractivity contribution in [3.63, 3.8) is 0 Å². The Labute approximate surface area is 121 Å². The van der Waals surface area contributed by atoms with Crippen molar-refractivity contribution in [3.8, 4) is 11.5 Å². The maximum atomic E-state index is 5.48. The zero-order valence-electron chi connectivity index (χ0n) is 12.6. The van der Waals surface area contributed by atoms with E-state index in [0.29, 0.717) is 6.04 Å². The lowest BCUT2D eigenvalue weighted by molar-refractivity contribution is 0.248. The Morgan fingerprint density at radius 3 is 2.75 bits per heavy atom. The first kappa shape index (κ1) is 13.5. The van der Waals surface area contributed by atoms with E-state index in [1.807, 2.05) is 6.07 Å². The van der Waals surface area contributed by atoms with Crippen LogP contribution in [0.5, 0.6) is 11.5 Å². The second kappa shape index (κ2) is 5.13. The number of benzene rings is 1. The Morgan fingerprint density at radius 1 is 1.20 bits per heavy atom. The quantitative estimate of drug-likeness (QED) is 0.790. The van der Waals surface area contributed by atoms with Crippen LogP contribution in [-0.4, -0.2) is 38.8 Å². The van der Waals surface area contributed by atoms with Gasteiger partial charge in [-0.25, -0.2) is 0 Å². The summed E-state index contributed by atoms with van der Waals surface area (Å²) in [4.78, 5) is 2.50. The van der Waals surface area contributed by atoms with Gasteiger partial charge in [-0.15, -0.1) is 0 Å². The van der Waals surface area contributed by atoms with Gasteiger partial charge in [-0.2, -0.15) is 0 Å². The highest BCUT2D eigenvalue weighted by Gasteiger charge is 2.46. The van der Waals surface area contributed by atoms with Crippen LogP contribution in [-0.2, 0) is 5.41 Å². The smallest absolute Gasteiger partial charge is 0.161 e. The lowest BCUT2D eigenvalue weighted by atomic mass is 9.70. The zero-order valence-corrected chi connectivity index (χ0v) is 12.6. The van der Waals surface area contributed by atoms with Crippen molar-refractivity contribution in [3.05, 3.63) is 35.9 Å². The van der Waals surface area contributed by atoms with Crippen molar-refractivity contribution in [2.45, 2.75) is 30.7 Å². The molecule has 0 bridgehead atoms. The molecule has 3 rings (SSSR count). The SMILES string of the molecule is COc1ccc([C@@]23C=CCCC2N(C)CC3)cc1OC. The number of hydrogen-bond acceptors (Lipinski definition) is 3. The molecule has 1 aliphatic carbocycles. The van der Waals surface area contributed by atoms with Crippen molar-refractivity contribution in [2.75, 3.05) is 27.8 Å². The fraction of sp³-hybridized carbons (Fsp3) is 0.529. The second-order valence-corrected chi connectivity index (χ2v) is 5.84. The molecule has 3 nitrogen and oxygen atoms in total. The fourth-order valence-electron chi connectivity index (χ4n) is 3.86. The second-order valence-electron chi connectivity index (χ2n) is 5.84. The predicted octanol–water partition coefficient (Wildman–Crippen LogP) is 3.00. The summed E-state index contributed by atoms with van der Waals surface area (Å²) in [6.45, 7) is 1.16. The molecule has 0 aromatic heterocycles. The summed E-state index contributed by atoms with van der Waals surface area (Å²) in [5, 5.41) is 0. The van der Waals surface area contributed by atoms with Crippen LogP contribution in [0, 0.1) is 0 Å². The molecule has 0 spiro atoms. The number of likely N-dealkylation sites (N-methyl/N-ethyl adjacent to an activating group) is 1. The lowest BCUT2D eigenvalue weighted by Gasteiger charge is -2.38. The molecule has 1 aromatic carbocycles. The molecule has 1 heterocycles. The number of methoxy groups -OCH3 is 2. The van der Waals surface area contributed by atoms with Gasteiger partial charge >= 0.3 is 0 Å². The Bertz CT molecular complexity index is 526. The summed E-state index contributed by atoms with van der Waals surface area (Å²) < 4.78 is 10.8. The zero-order chi connectivity index (χ0) is 14.2. The minimum absolute atomic E-state index is 0.145. The molecule has 1 unspecified atom stereocenters. The van der Waals surface area contributed by atoms with E-state index in [0.717, 1.165) is 18.0 Å². The van der Waals surface area contributed by atoms with Gasteiger partial charge < -0.3 is 14.4 Å². The van der Waals surface area contributed by atoms with Crippen LogP contribution in [0.25, 0.3) is 0 Å². The summed E-state index contributed by atoms with van der Waals surface area (Å²) in [5.41, 5.74) is 1.49. The Hall–Kier alpha value is -1.48. The molecule has 2 aliphatic rings. The van der Waals surface area contributed by atoms with Gasteiger partial charge in [0.2, 0.25) is 0 Å². The highest BCUT2D eigenvalue weighted by atomic mass is 16.5. The topological polar surface area (TPSA) is 21.7 Å². The largest absolute Gasteiger partial charge is 0.493 e. The van der Waals surface area contributed by atoms with Gasteiger partial charge in [0.25, 0.3) is 0 Å². The summed E-state index contributed by atoms with van der Waals surface area (Å²) >= 11 is 0. The molecule has 0 saturated carbocycles. The van der Waals surface area contributed by atoms with Crippen LogP contribution < -0.4 is 9.47 Å². The summed E-state index contributed by atoms with van der Waals surface area (Å²) in [6, 6.07) is 6.98.